The van der Waals surface area contributed by atoms with Crippen molar-refractivity contribution < 1.29 is 8.42 Å². The van der Waals surface area contributed by atoms with Gasteiger partial charge in [-0.15, -0.1) is 0 Å². The third-order valence-electron chi connectivity index (χ3n) is 3.69. The van der Waals surface area contributed by atoms with Crippen LogP contribution in [0.2, 0.25) is 5.02 Å². The Bertz CT molecular complexity index is 557. The molecule has 120 valence electrons. The van der Waals surface area contributed by atoms with Gasteiger partial charge in [0.05, 0.1) is 5.02 Å². The van der Waals surface area contributed by atoms with Crippen molar-refractivity contribution in [2.45, 2.75) is 51.1 Å². The molecule has 0 amide bonds. The molecule has 6 heteroatoms. The molecule has 0 aromatic heterocycles. The molecule has 0 saturated heterocycles. The monoisotopic (exact) mass is 332 g/mol. The number of rotatable bonds is 8. The zero-order valence-electron chi connectivity index (χ0n) is 13.2. The lowest BCUT2D eigenvalue weighted by Gasteiger charge is -2.26. The van der Waals surface area contributed by atoms with E-state index in [1.807, 2.05) is 26.8 Å². The Morgan fingerprint density at radius 3 is 2.38 bits per heavy atom. The summed E-state index contributed by atoms with van der Waals surface area (Å²) in [4.78, 5) is 0.189. The molecule has 0 aliphatic rings. The molecule has 0 radical (unpaired) electrons. The topological polar surface area (TPSA) is 49.4 Å². The average Bonchev–Trinajstić information content (AvgIpc) is 2.47. The van der Waals surface area contributed by atoms with Crippen LogP contribution in [0.3, 0.4) is 0 Å². The van der Waals surface area contributed by atoms with E-state index in [9.17, 15) is 8.42 Å². The molecular weight excluding hydrogens is 308 g/mol. The van der Waals surface area contributed by atoms with Crippen LogP contribution in [0.25, 0.3) is 0 Å². The van der Waals surface area contributed by atoms with E-state index in [1.165, 1.54) is 4.31 Å². The molecule has 0 aliphatic heterocycles. The van der Waals surface area contributed by atoms with Crippen LogP contribution in [0.5, 0.6) is 0 Å². The van der Waals surface area contributed by atoms with Gasteiger partial charge in [-0.2, -0.15) is 4.31 Å². The zero-order chi connectivity index (χ0) is 16.0. The summed E-state index contributed by atoms with van der Waals surface area (Å²) in [6.07, 6.45) is 1.56. The van der Waals surface area contributed by atoms with E-state index in [0.29, 0.717) is 6.54 Å². The Kier molecular flexibility index (Phi) is 7.13. The molecule has 1 rings (SSSR count). The molecule has 1 aromatic carbocycles. The van der Waals surface area contributed by atoms with Crippen LogP contribution >= 0.6 is 11.6 Å². The molecule has 0 heterocycles. The Morgan fingerprint density at radius 1 is 1.24 bits per heavy atom. The van der Waals surface area contributed by atoms with E-state index in [-0.39, 0.29) is 16.0 Å². The van der Waals surface area contributed by atoms with Gasteiger partial charge in [0.2, 0.25) is 10.0 Å². The van der Waals surface area contributed by atoms with Crippen LogP contribution < -0.4 is 5.32 Å². The van der Waals surface area contributed by atoms with Crippen LogP contribution in [0.15, 0.2) is 23.1 Å². The second kappa shape index (κ2) is 8.13. The predicted molar refractivity (Wildman–Crippen MR) is 88.2 cm³/mol. The second-order valence-electron chi connectivity index (χ2n) is 5.04. The summed E-state index contributed by atoms with van der Waals surface area (Å²) < 4.78 is 27.0. The van der Waals surface area contributed by atoms with Crippen molar-refractivity contribution >= 4 is 21.6 Å². The highest BCUT2D eigenvalue weighted by Crippen LogP contribution is 2.27. The predicted octanol–water partition coefficient (Wildman–Crippen LogP) is 3.26. The van der Waals surface area contributed by atoms with Crippen LogP contribution in [-0.2, 0) is 16.6 Å². The van der Waals surface area contributed by atoms with Gasteiger partial charge in [-0.05, 0) is 37.1 Å². The van der Waals surface area contributed by atoms with Gasteiger partial charge in [0.1, 0.15) is 4.90 Å². The van der Waals surface area contributed by atoms with Crippen molar-refractivity contribution in [1.29, 1.82) is 0 Å². The summed E-state index contributed by atoms with van der Waals surface area (Å²) in [6, 6.07) is 5.16. The number of hydrogen-bond acceptors (Lipinski definition) is 3. The highest BCUT2D eigenvalue weighted by molar-refractivity contribution is 7.89. The number of hydrogen-bond donors (Lipinski definition) is 1. The molecule has 21 heavy (non-hydrogen) atoms. The Balaban J connectivity index is 3.17. The molecule has 0 saturated carbocycles. The molecule has 0 aliphatic carbocycles. The van der Waals surface area contributed by atoms with Crippen molar-refractivity contribution in [2.75, 3.05) is 13.6 Å². The van der Waals surface area contributed by atoms with Crippen LogP contribution in [0, 0.1) is 0 Å². The second-order valence-corrected chi connectivity index (χ2v) is 7.41. The molecular formula is C15H25ClN2O2S. The normalized spacial score (nSPS) is 12.3. The van der Waals surface area contributed by atoms with Crippen molar-refractivity contribution in [3.8, 4) is 0 Å². The van der Waals surface area contributed by atoms with E-state index >= 15 is 0 Å². The molecule has 4 nitrogen and oxygen atoms in total. The first-order valence-electron chi connectivity index (χ1n) is 7.35. The Hall–Kier alpha value is -0.620. The highest BCUT2D eigenvalue weighted by Gasteiger charge is 2.28. The Morgan fingerprint density at radius 2 is 1.86 bits per heavy atom. The van der Waals surface area contributed by atoms with Gasteiger partial charge < -0.3 is 5.32 Å². The van der Waals surface area contributed by atoms with E-state index in [0.717, 1.165) is 24.9 Å². The third-order valence-corrected chi connectivity index (χ3v) is 6.08. The van der Waals surface area contributed by atoms with E-state index < -0.39 is 10.0 Å². The molecule has 0 unspecified atom stereocenters. The van der Waals surface area contributed by atoms with Crippen LogP contribution in [0.1, 0.15) is 39.2 Å². The number of nitrogens with zero attached hydrogens (tertiary/aromatic N) is 1. The lowest BCUT2D eigenvalue weighted by Crippen LogP contribution is -2.36. The quantitative estimate of drug-likeness (QED) is 0.795. The van der Waals surface area contributed by atoms with Gasteiger partial charge in [-0.25, -0.2) is 8.42 Å². The van der Waals surface area contributed by atoms with E-state index in [1.54, 1.807) is 19.2 Å². The summed E-state index contributed by atoms with van der Waals surface area (Å²) in [7, 11) is -1.94. The van der Waals surface area contributed by atoms with Crippen LogP contribution in [0.4, 0.5) is 0 Å². The van der Waals surface area contributed by atoms with Gasteiger partial charge in [0.15, 0.2) is 0 Å². The lowest BCUT2D eigenvalue weighted by molar-refractivity contribution is 0.349. The minimum Gasteiger partial charge on any atom is -0.313 e. The molecule has 1 aromatic rings. The van der Waals surface area contributed by atoms with Gasteiger partial charge >= 0.3 is 0 Å². The van der Waals surface area contributed by atoms with E-state index in [2.05, 4.69) is 5.32 Å². The average molecular weight is 333 g/mol. The molecule has 0 atom stereocenters. The van der Waals surface area contributed by atoms with Crippen molar-refractivity contribution in [3.63, 3.8) is 0 Å². The van der Waals surface area contributed by atoms with Crippen LogP contribution in [-0.4, -0.2) is 32.4 Å². The maximum Gasteiger partial charge on any atom is 0.244 e. The van der Waals surface area contributed by atoms with Gasteiger partial charge in [0.25, 0.3) is 0 Å². The van der Waals surface area contributed by atoms with E-state index in [4.69, 9.17) is 11.6 Å². The summed E-state index contributed by atoms with van der Waals surface area (Å²) in [6.45, 7) is 7.45. The summed E-state index contributed by atoms with van der Waals surface area (Å²) in [5, 5.41) is 3.46. The number of nitrogens with one attached hydrogen (secondary N) is 1. The van der Waals surface area contributed by atoms with Crippen molar-refractivity contribution in [2.24, 2.45) is 0 Å². The Labute approximate surface area is 133 Å². The number of sulfonamides is 1. The third kappa shape index (κ3) is 4.42. The highest BCUT2D eigenvalue weighted by atomic mass is 35.5. The fraction of sp³-hybridized carbons (Fsp3) is 0.600. The lowest BCUT2D eigenvalue weighted by atomic mass is 10.2. The summed E-state index contributed by atoms with van der Waals surface area (Å²) in [5.41, 5.74) is 0.915. The first-order chi connectivity index (χ1) is 9.88. The summed E-state index contributed by atoms with van der Waals surface area (Å²) in [5.74, 6) is 0. The molecule has 0 spiro atoms. The maximum atomic E-state index is 12.8. The molecule has 0 bridgehead atoms. The largest absolute Gasteiger partial charge is 0.313 e. The standard InChI is InChI=1S/C15H25ClN2O2S/c1-5-13(6-2)18(4)21(19,20)15-10-12(11-17-7-3)8-9-14(15)16/h8-10,13,17H,5-7,11H2,1-4H3. The fourth-order valence-electron chi connectivity index (χ4n) is 2.28. The van der Waals surface area contributed by atoms with Crippen molar-refractivity contribution in [3.05, 3.63) is 28.8 Å². The SMILES string of the molecule is CCNCc1ccc(Cl)c(S(=O)(=O)N(C)C(CC)CC)c1. The smallest absolute Gasteiger partial charge is 0.244 e. The fourth-order valence-corrected chi connectivity index (χ4v) is 4.30. The minimum atomic E-state index is -3.57. The van der Waals surface area contributed by atoms with Gasteiger partial charge in [0, 0.05) is 19.6 Å². The first kappa shape index (κ1) is 18.4. The minimum absolute atomic E-state index is 0.0107. The maximum absolute atomic E-state index is 12.8. The first-order valence-corrected chi connectivity index (χ1v) is 9.17. The molecule has 1 N–H and O–H groups in total. The van der Waals surface area contributed by atoms with Gasteiger partial charge in [-0.3, -0.25) is 0 Å². The molecule has 0 fully saturated rings. The number of halogens is 1. The van der Waals surface area contributed by atoms with Gasteiger partial charge in [-0.1, -0.05) is 38.4 Å². The number of benzene rings is 1. The zero-order valence-corrected chi connectivity index (χ0v) is 14.8. The van der Waals surface area contributed by atoms with Crippen molar-refractivity contribution in [1.82, 2.24) is 9.62 Å². The summed E-state index contributed by atoms with van der Waals surface area (Å²) >= 11 is 6.12.